The Kier molecular flexibility index (Phi) is 5.95. The fraction of sp³-hybridized carbons (Fsp3) is 0.176. The van der Waals surface area contributed by atoms with Crippen molar-refractivity contribution in [3.8, 4) is 0 Å². The summed E-state index contributed by atoms with van der Waals surface area (Å²) in [7, 11) is 0. The van der Waals surface area contributed by atoms with Gasteiger partial charge in [0.25, 0.3) is 5.91 Å². The summed E-state index contributed by atoms with van der Waals surface area (Å²) < 4.78 is 43.3. The van der Waals surface area contributed by atoms with E-state index in [-0.39, 0.29) is 17.9 Å². The van der Waals surface area contributed by atoms with Crippen molar-refractivity contribution in [2.45, 2.75) is 12.8 Å². The molecule has 0 radical (unpaired) electrons. The van der Waals surface area contributed by atoms with E-state index in [1.54, 1.807) is 12.1 Å². The molecule has 1 amide bonds. The van der Waals surface area contributed by atoms with E-state index in [4.69, 9.17) is 4.74 Å². The summed E-state index contributed by atoms with van der Waals surface area (Å²) in [5.41, 5.74) is 0.820. The lowest BCUT2D eigenvalue weighted by Gasteiger charge is -2.07. The lowest BCUT2D eigenvalue weighted by atomic mass is 10.1. The molecule has 1 N–H and O–H groups in total. The van der Waals surface area contributed by atoms with Gasteiger partial charge in [0, 0.05) is 18.2 Å². The molecule has 0 aliphatic rings. The normalized spacial score (nSPS) is 10.3. The molecule has 2 aromatic rings. The van der Waals surface area contributed by atoms with Gasteiger partial charge in [-0.2, -0.15) is 0 Å². The highest BCUT2D eigenvalue weighted by Gasteiger charge is 2.10. The van der Waals surface area contributed by atoms with Gasteiger partial charge in [-0.1, -0.05) is 12.1 Å². The molecule has 7 heteroatoms. The van der Waals surface area contributed by atoms with Gasteiger partial charge in [-0.15, -0.1) is 0 Å². The van der Waals surface area contributed by atoms with Crippen LogP contribution in [-0.2, 0) is 20.7 Å². The zero-order valence-electron chi connectivity index (χ0n) is 12.5. The zero-order chi connectivity index (χ0) is 17.5. The van der Waals surface area contributed by atoms with Crippen molar-refractivity contribution < 1.29 is 27.5 Å². The number of hydrogen-bond donors (Lipinski definition) is 1. The van der Waals surface area contributed by atoms with Crippen LogP contribution < -0.4 is 5.32 Å². The smallest absolute Gasteiger partial charge is 0.306 e. The maximum atomic E-state index is 13.0. The minimum absolute atomic E-state index is 0.0318. The molecule has 0 unspecified atom stereocenters. The van der Waals surface area contributed by atoms with Crippen LogP contribution in [0.5, 0.6) is 0 Å². The molecule has 0 aliphatic carbocycles. The summed E-state index contributed by atoms with van der Waals surface area (Å²) in [5, 5.41) is 2.28. The van der Waals surface area contributed by atoms with Crippen molar-refractivity contribution in [1.82, 2.24) is 0 Å². The first-order valence-electron chi connectivity index (χ1n) is 7.09. The second kappa shape index (κ2) is 8.14. The molecule has 0 heterocycles. The highest BCUT2D eigenvalue weighted by atomic mass is 19.2. The van der Waals surface area contributed by atoms with E-state index in [9.17, 15) is 22.8 Å². The van der Waals surface area contributed by atoms with Crippen LogP contribution in [0, 0.1) is 17.5 Å². The van der Waals surface area contributed by atoms with Crippen LogP contribution in [0.25, 0.3) is 0 Å². The number of benzene rings is 2. The first-order valence-corrected chi connectivity index (χ1v) is 7.09. The quantitative estimate of drug-likeness (QED) is 0.824. The van der Waals surface area contributed by atoms with E-state index in [1.165, 1.54) is 18.2 Å². The Morgan fingerprint density at radius 3 is 2.33 bits per heavy atom. The molecule has 0 spiro atoms. The molecule has 0 aromatic heterocycles. The minimum Gasteiger partial charge on any atom is -0.456 e. The fourth-order valence-corrected chi connectivity index (χ4v) is 1.89. The van der Waals surface area contributed by atoms with Crippen LogP contribution in [0.2, 0.25) is 0 Å². The van der Waals surface area contributed by atoms with E-state index >= 15 is 0 Å². The topological polar surface area (TPSA) is 55.4 Å². The summed E-state index contributed by atoms with van der Waals surface area (Å²) in [5.74, 6) is -3.75. The number of hydrogen-bond acceptors (Lipinski definition) is 3. The van der Waals surface area contributed by atoms with Gasteiger partial charge in [0.15, 0.2) is 18.2 Å². The fourth-order valence-electron chi connectivity index (χ4n) is 1.89. The van der Waals surface area contributed by atoms with Crippen LogP contribution in [0.3, 0.4) is 0 Å². The lowest BCUT2D eigenvalue weighted by Crippen LogP contribution is -2.21. The summed E-state index contributed by atoms with van der Waals surface area (Å²) in [6.07, 6.45) is 0.383. The molecule has 0 aliphatic heterocycles. The standard InChI is InChI=1S/C17H14F3NO3/c18-12-4-1-11(2-5-12)3-8-17(23)24-10-16(22)21-13-6-7-14(19)15(20)9-13/h1-2,4-7,9H,3,8,10H2,(H,21,22). The molecule has 126 valence electrons. The number of nitrogens with one attached hydrogen (secondary N) is 1. The van der Waals surface area contributed by atoms with E-state index < -0.39 is 30.1 Å². The molecule has 0 fully saturated rings. The van der Waals surface area contributed by atoms with E-state index in [1.807, 2.05) is 0 Å². The predicted molar refractivity (Wildman–Crippen MR) is 80.7 cm³/mol. The van der Waals surface area contributed by atoms with Crippen LogP contribution >= 0.6 is 0 Å². The van der Waals surface area contributed by atoms with Crippen molar-refractivity contribution in [3.05, 3.63) is 65.5 Å². The predicted octanol–water partition coefficient (Wildman–Crippen LogP) is 3.22. The van der Waals surface area contributed by atoms with Gasteiger partial charge in [-0.05, 0) is 36.2 Å². The number of esters is 1. The number of ether oxygens (including phenoxy) is 1. The largest absolute Gasteiger partial charge is 0.456 e. The Balaban J connectivity index is 1.73. The maximum absolute atomic E-state index is 13.0. The number of halogens is 3. The van der Waals surface area contributed by atoms with Crippen molar-refractivity contribution in [2.75, 3.05) is 11.9 Å². The first kappa shape index (κ1) is 17.5. The first-order chi connectivity index (χ1) is 11.4. The molecule has 0 bridgehead atoms. The Bertz CT molecular complexity index is 732. The van der Waals surface area contributed by atoms with E-state index in [0.29, 0.717) is 6.42 Å². The summed E-state index contributed by atoms with van der Waals surface area (Å²) in [6, 6.07) is 8.57. The Hall–Kier alpha value is -2.83. The monoisotopic (exact) mass is 337 g/mol. The molecular weight excluding hydrogens is 323 g/mol. The summed E-state index contributed by atoms with van der Waals surface area (Å²) in [6.45, 7) is -0.540. The average molecular weight is 337 g/mol. The highest BCUT2D eigenvalue weighted by molar-refractivity contribution is 5.92. The Morgan fingerprint density at radius 2 is 1.67 bits per heavy atom. The van der Waals surface area contributed by atoms with E-state index in [2.05, 4.69) is 5.32 Å². The molecule has 0 atom stereocenters. The highest BCUT2D eigenvalue weighted by Crippen LogP contribution is 2.13. The van der Waals surface area contributed by atoms with Crippen LogP contribution in [0.4, 0.5) is 18.9 Å². The van der Waals surface area contributed by atoms with E-state index in [0.717, 1.165) is 17.7 Å². The Morgan fingerprint density at radius 1 is 0.958 bits per heavy atom. The van der Waals surface area contributed by atoms with Crippen molar-refractivity contribution in [3.63, 3.8) is 0 Å². The van der Waals surface area contributed by atoms with Gasteiger partial charge in [0.05, 0.1) is 0 Å². The van der Waals surface area contributed by atoms with Crippen LogP contribution in [0.1, 0.15) is 12.0 Å². The second-order valence-electron chi connectivity index (χ2n) is 4.96. The molecule has 24 heavy (non-hydrogen) atoms. The van der Waals surface area contributed by atoms with Gasteiger partial charge in [-0.25, -0.2) is 13.2 Å². The number of carbonyl (C=O) groups excluding carboxylic acids is 2. The van der Waals surface area contributed by atoms with Gasteiger partial charge < -0.3 is 10.1 Å². The molecule has 2 aromatic carbocycles. The van der Waals surface area contributed by atoms with Gasteiger partial charge in [0.2, 0.25) is 0 Å². The number of rotatable bonds is 6. The van der Waals surface area contributed by atoms with Crippen molar-refractivity contribution in [1.29, 1.82) is 0 Å². The van der Waals surface area contributed by atoms with Crippen LogP contribution in [-0.4, -0.2) is 18.5 Å². The van der Waals surface area contributed by atoms with Crippen molar-refractivity contribution >= 4 is 17.6 Å². The minimum atomic E-state index is -1.09. The lowest BCUT2D eigenvalue weighted by molar-refractivity contribution is -0.147. The second-order valence-corrected chi connectivity index (χ2v) is 4.96. The molecular formula is C17H14F3NO3. The third-order valence-corrected chi connectivity index (χ3v) is 3.10. The summed E-state index contributed by atoms with van der Waals surface area (Å²) >= 11 is 0. The Labute approximate surface area is 136 Å². The molecule has 0 saturated carbocycles. The number of amides is 1. The van der Waals surface area contributed by atoms with Crippen LogP contribution in [0.15, 0.2) is 42.5 Å². The number of aryl methyl sites for hydroxylation is 1. The number of carbonyl (C=O) groups is 2. The summed E-state index contributed by atoms with van der Waals surface area (Å²) in [4.78, 5) is 23.1. The third kappa shape index (κ3) is 5.42. The third-order valence-electron chi connectivity index (χ3n) is 3.10. The molecule has 4 nitrogen and oxygen atoms in total. The zero-order valence-corrected chi connectivity index (χ0v) is 12.5. The number of anilines is 1. The molecule has 2 rings (SSSR count). The maximum Gasteiger partial charge on any atom is 0.306 e. The SMILES string of the molecule is O=C(COC(=O)CCc1ccc(F)cc1)Nc1ccc(F)c(F)c1. The van der Waals surface area contributed by atoms with Gasteiger partial charge >= 0.3 is 5.97 Å². The van der Waals surface area contributed by atoms with Gasteiger partial charge in [0.1, 0.15) is 5.82 Å². The van der Waals surface area contributed by atoms with Gasteiger partial charge in [-0.3, -0.25) is 9.59 Å². The average Bonchev–Trinajstić information content (AvgIpc) is 2.56. The van der Waals surface area contributed by atoms with Crippen molar-refractivity contribution in [2.24, 2.45) is 0 Å². The molecule has 0 saturated heterocycles.